The number of carbonyl (C=O) groups excluding carboxylic acids is 1. The number of amides is 2. The van der Waals surface area contributed by atoms with Crippen LogP contribution >= 0.6 is 0 Å². The van der Waals surface area contributed by atoms with Crippen molar-refractivity contribution in [2.45, 2.75) is 18.9 Å². The van der Waals surface area contributed by atoms with E-state index in [0.717, 1.165) is 30.0 Å². The van der Waals surface area contributed by atoms with Gasteiger partial charge in [-0.1, -0.05) is 24.3 Å². The molecule has 138 valence electrons. The summed E-state index contributed by atoms with van der Waals surface area (Å²) in [6.45, 7) is 1.31. The molecule has 1 fully saturated rings. The maximum atomic E-state index is 12.5. The minimum absolute atomic E-state index is 0.137. The topological polar surface area (TPSA) is 83.1 Å². The fraction of sp³-hybridized carbons (Fsp3) is 0.250. The largest absolute Gasteiger partial charge is 0.490 e. The van der Waals surface area contributed by atoms with Crippen molar-refractivity contribution in [1.82, 2.24) is 20.1 Å². The molecule has 2 N–H and O–H groups in total. The van der Waals surface area contributed by atoms with Crippen molar-refractivity contribution in [2.24, 2.45) is 0 Å². The number of pyridine rings is 1. The predicted molar refractivity (Wildman–Crippen MR) is 103 cm³/mol. The van der Waals surface area contributed by atoms with Crippen LogP contribution in [0.15, 0.2) is 60.8 Å². The van der Waals surface area contributed by atoms with Crippen molar-refractivity contribution < 1.29 is 9.53 Å². The summed E-state index contributed by atoms with van der Waals surface area (Å²) in [5.41, 5.74) is 1.55. The molecule has 0 spiro atoms. The summed E-state index contributed by atoms with van der Waals surface area (Å²) in [6, 6.07) is 17.1. The lowest BCUT2D eigenvalue weighted by atomic mass is 10.1. The summed E-state index contributed by atoms with van der Waals surface area (Å²) < 4.78 is 5.97. The Kier molecular flexibility index (Phi) is 5.00. The van der Waals surface area contributed by atoms with E-state index in [2.05, 4.69) is 20.5 Å². The van der Waals surface area contributed by atoms with Crippen LogP contribution < -0.4 is 10.1 Å². The maximum Gasteiger partial charge on any atom is 0.323 e. The number of nitrogens with zero attached hydrogens (tertiary/aromatic N) is 3. The van der Waals surface area contributed by atoms with Crippen LogP contribution in [0.4, 0.5) is 10.6 Å². The molecule has 0 bridgehead atoms. The normalized spacial score (nSPS) is 14.7. The Morgan fingerprint density at radius 1 is 1.11 bits per heavy atom. The van der Waals surface area contributed by atoms with Gasteiger partial charge in [-0.05, 0) is 24.3 Å². The number of aromatic nitrogens is 3. The van der Waals surface area contributed by atoms with Crippen molar-refractivity contribution >= 4 is 11.8 Å². The van der Waals surface area contributed by atoms with E-state index in [1.807, 2.05) is 48.5 Å². The lowest BCUT2D eigenvalue weighted by molar-refractivity contribution is 0.115. The monoisotopic (exact) mass is 363 g/mol. The number of benzene rings is 1. The molecule has 3 aromatic rings. The van der Waals surface area contributed by atoms with Gasteiger partial charge in [-0.15, -0.1) is 0 Å². The molecule has 2 amide bonds. The molecule has 7 heteroatoms. The van der Waals surface area contributed by atoms with Gasteiger partial charge in [-0.25, -0.2) is 4.79 Å². The number of ether oxygens (including phenoxy) is 1. The Balaban J connectivity index is 1.29. The molecule has 3 heterocycles. The van der Waals surface area contributed by atoms with E-state index in [-0.39, 0.29) is 12.1 Å². The number of hydrogen-bond acceptors (Lipinski definition) is 4. The lowest BCUT2D eigenvalue weighted by Gasteiger charge is -2.32. The first kappa shape index (κ1) is 17.1. The maximum absolute atomic E-state index is 12.5. The Morgan fingerprint density at radius 2 is 1.89 bits per heavy atom. The summed E-state index contributed by atoms with van der Waals surface area (Å²) in [6.07, 6.45) is 3.47. The van der Waals surface area contributed by atoms with Crippen molar-refractivity contribution in [2.75, 3.05) is 18.4 Å². The van der Waals surface area contributed by atoms with Crippen molar-refractivity contribution in [1.29, 1.82) is 0 Å². The fourth-order valence-corrected chi connectivity index (χ4v) is 3.10. The Morgan fingerprint density at radius 3 is 2.63 bits per heavy atom. The summed E-state index contributed by atoms with van der Waals surface area (Å²) in [4.78, 5) is 18.5. The van der Waals surface area contributed by atoms with Gasteiger partial charge >= 0.3 is 6.03 Å². The smallest absolute Gasteiger partial charge is 0.323 e. The minimum atomic E-state index is -0.146. The molecule has 1 aliphatic heterocycles. The number of carbonyl (C=O) groups is 1. The van der Waals surface area contributed by atoms with E-state index in [4.69, 9.17) is 4.74 Å². The van der Waals surface area contributed by atoms with E-state index in [1.165, 1.54) is 0 Å². The van der Waals surface area contributed by atoms with Crippen LogP contribution in [0, 0.1) is 0 Å². The van der Waals surface area contributed by atoms with Crippen LogP contribution in [0.2, 0.25) is 0 Å². The standard InChI is InChI=1S/C20H21N5O2/c26-20(22-19-14-18(23-24-19)17-8-4-5-11-21-17)25-12-9-16(10-13-25)27-15-6-2-1-3-7-15/h1-8,11,14,16H,9-10,12-13H2,(H2,22,23,24,26). The first-order chi connectivity index (χ1) is 13.3. The molecule has 27 heavy (non-hydrogen) atoms. The van der Waals surface area contributed by atoms with E-state index in [9.17, 15) is 4.79 Å². The Bertz CT molecular complexity index is 874. The van der Waals surface area contributed by atoms with Gasteiger partial charge in [0.2, 0.25) is 0 Å². The fourth-order valence-electron chi connectivity index (χ4n) is 3.10. The number of hydrogen-bond donors (Lipinski definition) is 2. The third-order valence-corrected chi connectivity index (χ3v) is 4.53. The number of piperidine rings is 1. The number of likely N-dealkylation sites (tertiary alicyclic amines) is 1. The molecule has 4 rings (SSSR count). The number of aromatic amines is 1. The van der Waals surface area contributed by atoms with Gasteiger partial charge in [0, 0.05) is 38.2 Å². The number of nitrogens with one attached hydrogen (secondary N) is 2. The van der Waals surface area contributed by atoms with Crippen molar-refractivity contribution in [3.63, 3.8) is 0 Å². The highest BCUT2D eigenvalue weighted by molar-refractivity contribution is 5.88. The minimum Gasteiger partial charge on any atom is -0.490 e. The molecule has 0 unspecified atom stereocenters. The van der Waals surface area contributed by atoms with Gasteiger partial charge in [-0.3, -0.25) is 15.4 Å². The summed E-state index contributed by atoms with van der Waals surface area (Å²) in [7, 11) is 0. The SMILES string of the molecule is O=C(Nc1cc(-c2ccccn2)[nH]n1)N1CCC(Oc2ccccc2)CC1. The van der Waals surface area contributed by atoms with Crippen LogP contribution in [0.1, 0.15) is 12.8 Å². The molecule has 1 aromatic carbocycles. The number of urea groups is 1. The predicted octanol–water partition coefficient (Wildman–Crippen LogP) is 3.55. The molecule has 0 saturated carbocycles. The first-order valence-electron chi connectivity index (χ1n) is 9.02. The van der Waals surface area contributed by atoms with Crippen LogP contribution in [0.5, 0.6) is 5.75 Å². The lowest BCUT2D eigenvalue weighted by Crippen LogP contribution is -2.43. The Labute approximate surface area is 157 Å². The highest BCUT2D eigenvalue weighted by Gasteiger charge is 2.24. The van der Waals surface area contributed by atoms with Crippen LogP contribution in [0.3, 0.4) is 0 Å². The summed E-state index contributed by atoms with van der Waals surface area (Å²) in [5, 5.41) is 9.89. The number of rotatable bonds is 4. The highest BCUT2D eigenvalue weighted by Crippen LogP contribution is 2.20. The number of H-pyrrole nitrogens is 1. The van der Waals surface area contributed by atoms with Crippen LogP contribution in [-0.4, -0.2) is 45.3 Å². The molecule has 2 aromatic heterocycles. The zero-order valence-electron chi connectivity index (χ0n) is 14.8. The van der Waals surface area contributed by atoms with Crippen LogP contribution in [0.25, 0.3) is 11.4 Å². The Hall–Kier alpha value is -3.35. The van der Waals surface area contributed by atoms with Crippen molar-refractivity contribution in [3.8, 4) is 17.1 Å². The van der Waals surface area contributed by atoms with E-state index < -0.39 is 0 Å². The third kappa shape index (κ3) is 4.25. The van der Waals surface area contributed by atoms with E-state index in [1.54, 1.807) is 17.2 Å². The second-order valence-corrected chi connectivity index (χ2v) is 6.43. The highest BCUT2D eigenvalue weighted by atomic mass is 16.5. The first-order valence-corrected chi connectivity index (χ1v) is 9.02. The molecule has 1 aliphatic rings. The molecule has 7 nitrogen and oxygen atoms in total. The second-order valence-electron chi connectivity index (χ2n) is 6.43. The average molecular weight is 363 g/mol. The molecular weight excluding hydrogens is 342 g/mol. The van der Waals surface area contributed by atoms with Gasteiger partial charge in [-0.2, -0.15) is 5.10 Å². The zero-order valence-corrected chi connectivity index (χ0v) is 14.8. The van der Waals surface area contributed by atoms with Gasteiger partial charge in [0.05, 0.1) is 11.4 Å². The zero-order chi connectivity index (χ0) is 18.5. The average Bonchev–Trinajstić information content (AvgIpc) is 3.18. The summed E-state index contributed by atoms with van der Waals surface area (Å²) in [5.74, 6) is 1.36. The second kappa shape index (κ2) is 7.90. The van der Waals surface area contributed by atoms with E-state index >= 15 is 0 Å². The molecule has 0 atom stereocenters. The summed E-state index contributed by atoms with van der Waals surface area (Å²) >= 11 is 0. The third-order valence-electron chi connectivity index (χ3n) is 4.53. The molecular formula is C20H21N5O2. The number of anilines is 1. The van der Waals surface area contributed by atoms with E-state index in [0.29, 0.717) is 18.9 Å². The number of para-hydroxylation sites is 1. The molecule has 0 aliphatic carbocycles. The van der Waals surface area contributed by atoms with Gasteiger partial charge in [0.1, 0.15) is 11.9 Å². The molecule has 1 saturated heterocycles. The van der Waals surface area contributed by atoms with Gasteiger partial charge < -0.3 is 9.64 Å². The van der Waals surface area contributed by atoms with Gasteiger partial charge in [0.15, 0.2) is 5.82 Å². The van der Waals surface area contributed by atoms with Gasteiger partial charge in [0.25, 0.3) is 0 Å². The molecule has 0 radical (unpaired) electrons. The van der Waals surface area contributed by atoms with Crippen molar-refractivity contribution in [3.05, 3.63) is 60.8 Å². The quantitative estimate of drug-likeness (QED) is 0.743. The van der Waals surface area contributed by atoms with Crippen LogP contribution in [-0.2, 0) is 0 Å².